The van der Waals surface area contributed by atoms with E-state index in [0.29, 0.717) is 23.0 Å². The number of hydrogen-bond donors (Lipinski definition) is 2. The van der Waals surface area contributed by atoms with Crippen LogP contribution in [0.4, 0.5) is 4.79 Å². The molecule has 0 bridgehead atoms. The van der Waals surface area contributed by atoms with Gasteiger partial charge in [-0.1, -0.05) is 33.8 Å². The minimum atomic E-state index is -0.249. The van der Waals surface area contributed by atoms with Crippen molar-refractivity contribution < 1.29 is 4.79 Å². The minimum Gasteiger partial charge on any atom is -0.338 e. The molecule has 21 heavy (non-hydrogen) atoms. The van der Waals surface area contributed by atoms with E-state index in [-0.39, 0.29) is 12.1 Å². The molecule has 1 unspecified atom stereocenters. The first kappa shape index (κ1) is 16.0. The van der Waals surface area contributed by atoms with Crippen LogP contribution in [-0.2, 0) is 6.42 Å². The highest BCUT2D eigenvalue weighted by Gasteiger charge is 2.11. The second-order valence-corrected chi connectivity index (χ2v) is 5.89. The number of carbonyl (C=O) groups is 1. The normalized spacial score (nSPS) is 12.0. The molecule has 0 spiro atoms. The van der Waals surface area contributed by atoms with Crippen LogP contribution >= 0.6 is 34.7 Å². The van der Waals surface area contributed by atoms with Gasteiger partial charge in [-0.25, -0.2) is 4.79 Å². The highest BCUT2D eigenvalue weighted by Crippen LogP contribution is 2.21. The molecule has 112 valence electrons. The molecule has 0 saturated heterocycles. The largest absolute Gasteiger partial charge is 0.338 e. The maximum atomic E-state index is 11.8. The van der Waals surface area contributed by atoms with E-state index in [4.69, 9.17) is 23.2 Å². The van der Waals surface area contributed by atoms with E-state index >= 15 is 0 Å². The number of halogens is 2. The van der Waals surface area contributed by atoms with Crippen molar-refractivity contribution in [2.45, 2.75) is 19.4 Å². The smallest absolute Gasteiger partial charge is 0.315 e. The molecule has 1 aromatic heterocycles. The summed E-state index contributed by atoms with van der Waals surface area (Å²) in [5.41, 5.74) is 1.69. The third kappa shape index (κ3) is 4.84. The van der Waals surface area contributed by atoms with Crippen LogP contribution in [0.2, 0.25) is 10.0 Å². The maximum absolute atomic E-state index is 11.8. The summed E-state index contributed by atoms with van der Waals surface area (Å²) in [7, 11) is 0. The first-order valence-corrected chi connectivity index (χ1v) is 7.90. The standard InChI is InChI=1S/C13H14Cl2N4OS/c1-8(12-7-21-19-18-12)17-13(20)16-5-4-9-2-3-10(14)6-11(9)15/h2-3,6-8H,4-5H2,1H3,(H2,16,17,20). The maximum Gasteiger partial charge on any atom is 0.315 e. The summed E-state index contributed by atoms with van der Waals surface area (Å²) in [6.07, 6.45) is 0.635. The topological polar surface area (TPSA) is 66.9 Å². The van der Waals surface area contributed by atoms with E-state index < -0.39 is 0 Å². The van der Waals surface area contributed by atoms with Gasteiger partial charge in [0.1, 0.15) is 0 Å². The number of carbonyl (C=O) groups excluding carboxylic acids is 1. The summed E-state index contributed by atoms with van der Waals surface area (Å²) in [5, 5.41) is 12.5. The highest BCUT2D eigenvalue weighted by molar-refractivity contribution is 7.03. The van der Waals surface area contributed by atoms with Gasteiger partial charge in [-0.3, -0.25) is 0 Å². The molecule has 0 saturated carbocycles. The molecule has 0 fully saturated rings. The number of aromatic nitrogens is 2. The minimum absolute atomic E-state index is 0.178. The van der Waals surface area contributed by atoms with Crippen molar-refractivity contribution in [3.8, 4) is 0 Å². The molecule has 0 aliphatic rings. The SMILES string of the molecule is CC(NC(=O)NCCc1ccc(Cl)cc1Cl)c1csnn1. The van der Waals surface area contributed by atoms with Gasteiger partial charge >= 0.3 is 6.03 Å². The van der Waals surface area contributed by atoms with E-state index in [9.17, 15) is 4.79 Å². The van der Waals surface area contributed by atoms with Gasteiger partial charge in [-0.05, 0) is 42.6 Å². The molecular formula is C13H14Cl2N4OS. The second kappa shape index (κ2) is 7.59. The molecule has 8 heteroatoms. The van der Waals surface area contributed by atoms with E-state index in [1.54, 1.807) is 17.5 Å². The average molecular weight is 345 g/mol. The van der Waals surface area contributed by atoms with E-state index in [1.807, 2.05) is 13.0 Å². The monoisotopic (exact) mass is 344 g/mol. The molecule has 2 aromatic rings. The summed E-state index contributed by atoms with van der Waals surface area (Å²) in [4.78, 5) is 11.8. The van der Waals surface area contributed by atoms with Gasteiger partial charge in [0, 0.05) is 22.0 Å². The van der Waals surface area contributed by atoms with Crippen molar-refractivity contribution in [1.82, 2.24) is 20.2 Å². The van der Waals surface area contributed by atoms with Crippen molar-refractivity contribution in [1.29, 1.82) is 0 Å². The lowest BCUT2D eigenvalue weighted by molar-refractivity contribution is 0.238. The van der Waals surface area contributed by atoms with Crippen LogP contribution in [-0.4, -0.2) is 22.2 Å². The Bertz CT molecular complexity index is 606. The van der Waals surface area contributed by atoms with Crippen LogP contribution in [0.15, 0.2) is 23.6 Å². The number of hydrogen-bond acceptors (Lipinski definition) is 4. The van der Waals surface area contributed by atoms with Crippen molar-refractivity contribution in [2.75, 3.05) is 6.54 Å². The fourth-order valence-corrected chi connectivity index (χ4v) is 2.77. The van der Waals surface area contributed by atoms with Crippen LogP contribution in [0, 0.1) is 0 Å². The van der Waals surface area contributed by atoms with Gasteiger partial charge in [0.05, 0.1) is 11.7 Å². The summed E-state index contributed by atoms with van der Waals surface area (Å²) >= 11 is 13.2. The number of amides is 2. The Hall–Kier alpha value is -1.37. The first-order chi connectivity index (χ1) is 10.1. The molecule has 0 aliphatic carbocycles. The predicted molar refractivity (Wildman–Crippen MR) is 85.0 cm³/mol. The number of nitrogens with zero attached hydrogens (tertiary/aromatic N) is 2. The van der Waals surface area contributed by atoms with Gasteiger partial charge in [0.2, 0.25) is 0 Å². The Morgan fingerprint density at radius 2 is 2.24 bits per heavy atom. The van der Waals surface area contributed by atoms with Crippen molar-refractivity contribution in [3.05, 3.63) is 44.9 Å². The highest BCUT2D eigenvalue weighted by atomic mass is 35.5. The van der Waals surface area contributed by atoms with E-state index in [2.05, 4.69) is 20.2 Å². The first-order valence-electron chi connectivity index (χ1n) is 6.31. The lowest BCUT2D eigenvalue weighted by atomic mass is 10.1. The fraction of sp³-hybridized carbons (Fsp3) is 0.308. The van der Waals surface area contributed by atoms with Crippen molar-refractivity contribution in [3.63, 3.8) is 0 Å². The van der Waals surface area contributed by atoms with Crippen molar-refractivity contribution >= 4 is 40.8 Å². The van der Waals surface area contributed by atoms with Crippen LogP contribution in [0.25, 0.3) is 0 Å². The lowest BCUT2D eigenvalue weighted by Gasteiger charge is -2.12. The quantitative estimate of drug-likeness (QED) is 0.872. The Labute approximate surface area is 136 Å². The zero-order chi connectivity index (χ0) is 15.2. The third-order valence-electron chi connectivity index (χ3n) is 2.86. The van der Waals surface area contributed by atoms with Crippen molar-refractivity contribution in [2.24, 2.45) is 0 Å². The Balaban J connectivity index is 1.76. The molecule has 5 nitrogen and oxygen atoms in total. The van der Waals surface area contributed by atoms with Gasteiger partial charge in [0.15, 0.2) is 0 Å². The Morgan fingerprint density at radius 1 is 1.43 bits per heavy atom. The molecule has 2 N–H and O–H groups in total. The predicted octanol–water partition coefficient (Wildman–Crippen LogP) is 3.45. The molecule has 1 heterocycles. The van der Waals surface area contributed by atoms with E-state index in [0.717, 1.165) is 11.3 Å². The molecule has 2 amide bonds. The van der Waals surface area contributed by atoms with Crippen LogP contribution in [0.5, 0.6) is 0 Å². The van der Waals surface area contributed by atoms with Gasteiger partial charge < -0.3 is 10.6 Å². The molecule has 0 aliphatic heterocycles. The zero-order valence-electron chi connectivity index (χ0n) is 11.3. The summed E-state index contributed by atoms with van der Waals surface area (Å²) in [5.74, 6) is 0. The fourth-order valence-electron chi connectivity index (χ4n) is 1.72. The van der Waals surface area contributed by atoms with Gasteiger partial charge in [0.25, 0.3) is 0 Å². The Kier molecular flexibility index (Phi) is 5.78. The average Bonchev–Trinajstić information content (AvgIpc) is 2.95. The summed E-state index contributed by atoms with van der Waals surface area (Å²) in [6.45, 7) is 2.33. The number of rotatable bonds is 5. The van der Waals surface area contributed by atoms with Gasteiger partial charge in [-0.2, -0.15) is 0 Å². The molecular weight excluding hydrogens is 331 g/mol. The number of urea groups is 1. The van der Waals surface area contributed by atoms with Gasteiger partial charge in [-0.15, -0.1) is 5.10 Å². The number of benzene rings is 1. The lowest BCUT2D eigenvalue weighted by Crippen LogP contribution is -2.38. The molecule has 1 atom stereocenters. The molecule has 1 aromatic carbocycles. The third-order valence-corrected chi connectivity index (χ3v) is 3.97. The summed E-state index contributed by atoms with van der Waals surface area (Å²) in [6, 6.07) is 4.90. The number of nitrogens with one attached hydrogen (secondary N) is 2. The van der Waals surface area contributed by atoms with E-state index in [1.165, 1.54) is 11.5 Å². The zero-order valence-corrected chi connectivity index (χ0v) is 13.6. The van der Waals surface area contributed by atoms with Crippen LogP contribution in [0.1, 0.15) is 24.2 Å². The molecule has 2 rings (SSSR count). The molecule has 0 radical (unpaired) electrons. The van der Waals surface area contributed by atoms with Crippen LogP contribution < -0.4 is 10.6 Å². The van der Waals surface area contributed by atoms with Crippen LogP contribution in [0.3, 0.4) is 0 Å². The Morgan fingerprint density at radius 3 is 2.90 bits per heavy atom. The second-order valence-electron chi connectivity index (χ2n) is 4.44. The summed E-state index contributed by atoms with van der Waals surface area (Å²) < 4.78 is 3.76.